The molecule has 242 valence electrons. The minimum Gasteiger partial charge on any atom is -0.465 e. The van der Waals surface area contributed by atoms with Crippen molar-refractivity contribution in [2.75, 3.05) is 40.6 Å². The van der Waals surface area contributed by atoms with Crippen molar-refractivity contribution < 1.29 is 33.6 Å². The van der Waals surface area contributed by atoms with Gasteiger partial charge >= 0.3 is 5.97 Å². The normalized spacial score (nSPS) is 28.4. The Morgan fingerprint density at radius 2 is 1.59 bits per heavy atom. The zero-order valence-corrected chi connectivity index (χ0v) is 27.7. The van der Waals surface area contributed by atoms with Gasteiger partial charge in [-0.3, -0.25) is 4.79 Å². The summed E-state index contributed by atoms with van der Waals surface area (Å²) in [6.07, 6.45) is 6.78. The van der Waals surface area contributed by atoms with E-state index in [1.54, 1.807) is 14.2 Å². The first-order chi connectivity index (χ1) is 21.2. The minimum atomic E-state index is -0.608. The lowest BCUT2D eigenvalue weighted by Crippen LogP contribution is -2.54. The largest absolute Gasteiger partial charge is 0.465 e. The summed E-state index contributed by atoms with van der Waals surface area (Å²) in [6.45, 7) is 3.29. The van der Waals surface area contributed by atoms with Gasteiger partial charge in [0.25, 0.3) is 0 Å². The molecule has 3 aliphatic rings. The fraction of sp³-hybridized carbons (Fsp3) is 0.629. The number of methoxy groups -OCH3 is 2. The summed E-state index contributed by atoms with van der Waals surface area (Å²) in [5, 5.41) is 12.0. The monoisotopic (exact) mass is 648 g/mol. The molecule has 0 unspecified atom stereocenters. The lowest BCUT2D eigenvalue weighted by molar-refractivity contribution is -0.266. The molecule has 5 rings (SSSR count). The maximum atomic E-state index is 13.1. The third kappa shape index (κ3) is 6.57. The van der Waals surface area contributed by atoms with Gasteiger partial charge in [-0.1, -0.05) is 42.3 Å². The number of rotatable bonds is 12. The summed E-state index contributed by atoms with van der Waals surface area (Å²) in [7, 11) is 3.24. The van der Waals surface area contributed by atoms with Crippen LogP contribution in [0.25, 0.3) is 0 Å². The maximum absolute atomic E-state index is 13.1. The number of benzene rings is 2. The van der Waals surface area contributed by atoms with Gasteiger partial charge in [0.15, 0.2) is 12.6 Å². The van der Waals surface area contributed by atoms with E-state index in [0.717, 1.165) is 73.6 Å². The number of aryl methyl sites for hydroxylation is 2. The molecule has 2 aromatic carbocycles. The lowest BCUT2D eigenvalue weighted by atomic mass is 9.69. The van der Waals surface area contributed by atoms with Gasteiger partial charge in [-0.2, -0.15) is 0 Å². The van der Waals surface area contributed by atoms with Crippen molar-refractivity contribution in [1.82, 2.24) is 0 Å². The molecular weight excluding hydrogens is 603 g/mol. The number of hydrogen-bond donors (Lipinski definition) is 1. The van der Waals surface area contributed by atoms with Crippen LogP contribution in [0, 0.1) is 5.41 Å². The first-order valence-corrected chi connectivity index (χ1v) is 16.6. The third-order valence-corrected chi connectivity index (χ3v) is 10.8. The topological polar surface area (TPSA) is 83.5 Å². The second kappa shape index (κ2) is 14.4. The molecule has 7 nitrogen and oxygen atoms in total. The molecule has 2 aliphatic carbocycles. The van der Waals surface area contributed by atoms with E-state index in [4.69, 9.17) is 46.9 Å². The van der Waals surface area contributed by atoms with E-state index in [0.29, 0.717) is 36.1 Å². The van der Waals surface area contributed by atoms with Crippen molar-refractivity contribution in [3.63, 3.8) is 0 Å². The number of carbonyl (C=O) groups excluding carboxylic acids is 1. The molecule has 1 aliphatic heterocycles. The van der Waals surface area contributed by atoms with Crippen LogP contribution in [0.15, 0.2) is 36.4 Å². The summed E-state index contributed by atoms with van der Waals surface area (Å²) in [5.41, 5.74) is 3.01. The van der Waals surface area contributed by atoms with Crippen molar-refractivity contribution >= 4 is 29.2 Å². The summed E-state index contributed by atoms with van der Waals surface area (Å²) in [6, 6.07) is 11.8. The highest BCUT2D eigenvalue weighted by molar-refractivity contribution is 6.31. The van der Waals surface area contributed by atoms with Crippen LogP contribution in [-0.2, 0) is 52.2 Å². The fourth-order valence-electron chi connectivity index (χ4n) is 7.79. The Bertz CT molecular complexity index is 1290. The summed E-state index contributed by atoms with van der Waals surface area (Å²) >= 11 is 12.6. The van der Waals surface area contributed by atoms with Crippen molar-refractivity contribution in [2.24, 2.45) is 5.41 Å². The number of carbonyl (C=O) groups is 1. The van der Waals surface area contributed by atoms with Gasteiger partial charge < -0.3 is 28.8 Å². The molecular formula is C35H46Cl2O7. The van der Waals surface area contributed by atoms with E-state index < -0.39 is 23.4 Å². The molecule has 44 heavy (non-hydrogen) atoms. The lowest BCUT2D eigenvalue weighted by Gasteiger charge is -2.48. The van der Waals surface area contributed by atoms with E-state index in [9.17, 15) is 9.90 Å². The van der Waals surface area contributed by atoms with Gasteiger partial charge in [0.05, 0.1) is 30.7 Å². The van der Waals surface area contributed by atoms with Crippen molar-refractivity contribution in [3.8, 4) is 0 Å². The van der Waals surface area contributed by atoms with E-state index in [-0.39, 0.29) is 24.6 Å². The van der Waals surface area contributed by atoms with Crippen LogP contribution in [0.4, 0.5) is 0 Å². The Morgan fingerprint density at radius 1 is 0.977 bits per heavy atom. The fourth-order valence-corrected chi connectivity index (χ4v) is 8.18. The Balaban J connectivity index is 1.19. The zero-order chi connectivity index (χ0) is 31.4. The molecule has 1 heterocycles. The molecule has 1 N–H and O–H groups in total. The van der Waals surface area contributed by atoms with Crippen molar-refractivity contribution in [3.05, 3.63) is 68.7 Å². The summed E-state index contributed by atoms with van der Waals surface area (Å²) < 4.78 is 30.3. The highest BCUT2D eigenvalue weighted by Gasteiger charge is 2.49. The number of ether oxygens (including phenoxy) is 5. The second-order valence-electron chi connectivity index (χ2n) is 12.9. The predicted octanol–water partition coefficient (Wildman–Crippen LogP) is 6.94. The van der Waals surface area contributed by atoms with E-state index >= 15 is 0 Å². The van der Waals surface area contributed by atoms with Crippen LogP contribution in [0.3, 0.4) is 0 Å². The standard InChI is InChI=1S/C35H46Cl2O7/c1-4-33(21-43-32(44-22-33)34(20-38)16-5-8-24-18-26(36)11-13-28(24)34)15-7-10-30(39)42-23-35(31(40-2)41-3)17-6-9-25-19-27(37)12-14-29(25)35/h11-14,18-19,31-32,38H,4-10,15-17,20-23H2,1-3H3/t32?,33?,34-,35-/m0/s1. The SMILES string of the molecule is CCC1(CCCC(=O)OC[C@@]2(C(OC)OC)CCCc3cc(Cl)ccc32)COC([C@]2(CO)CCCc3cc(Cl)ccc32)OC1. The molecule has 9 heteroatoms. The smallest absolute Gasteiger partial charge is 0.305 e. The quantitative estimate of drug-likeness (QED) is 0.197. The van der Waals surface area contributed by atoms with E-state index in [1.165, 1.54) is 0 Å². The van der Waals surface area contributed by atoms with E-state index in [2.05, 4.69) is 6.92 Å². The van der Waals surface area contributed by atoms with Crippen LogP contribution in [0.5, 0.6) is 0 Å². The first-order valence-electron chi connectivity index (χ1n) is 15.9. The number of hydrogen-bond acceptors (Lipinski definition) is 7. The summed E-state index contributed by atoms with van der Waals surface area (Å²) in [5.74, 6) is -0.241. The average Bonchev–Trinajstić information content (AvgIpc) is 3.04. The highest BCUT2D eigenvalue weighted by atomic mass is 35.5. The molecule has 1 saturated heterocycles. The van der Waals surface area contributed by atoms with Crippen molar-refractivity contribution in [2.45, 2.75) is 94.5 Å². The van der Waals surface area contributed by atoms with Gasteiger partial charge in [0, 0.05) is 36.1 Å². The molecule has 1 fully saturated rings. The maximum Gasteiger partial charge on any atom is 0.305 e. The second-order valence-corrected chi connectivity index (χ2v) is 13.8. The van der Waals surface area contributed by atoms with Gasteiger partial charge in [-0.25, -0.2) is 0 Å². The van der Waals surface area contributed by atoms with Gasteiger partial charge in [-0.05, 0) is 104 Å². The van der Waals surface area contributed by atoms with Gasteiger partial charge in [-0.15, -0.1) is 0 Å². The molecule has 0 aromatic heterocycles. The molecule has 0 spiro atoms. The van der Waals surface area contributed by atoms with Crippen LogP contribution in [0.2, 0.25) is 10.0 Å². The Labute approximate surface area is 271 Å². The molecule has 0 radical (unpaired) electrons. The minimum absolute atomic E-state index is 0.0523. The van der Waals surface area contributed by atoms with Crippen LogP contribution in [-0.4, -0.2) is 64.3 Å². The van der Waals surface area contributed by atoms with Crippen LogP contribution in [0.1, 0.15) is 80.5 Å². The molecule has 0 amide bonds. The highest BCUT2D eigenvalue weighted by Crippen LogP contribution is 2.46. The predicted molar refractivity (Wildman–Crippen MR) is 170 cm³/mol. The van der Waals surface area contributed by atoms with Crippen LogP contribution < -0.4 is 0 Å². The number of esters is 1. The summed E-state index contributed by atoms with van der Waals surface area (Å²) in [4.78, 5) is 13.1. The molecule has 2 atom stereocenters. The number of aliphatic hydroxyl groups is 1. The van der Waals surface area contributed by atoms with Gasteiger partial charge in [0.1, 0.15) is 6.61 Å². The Hall–Kier alpha value is -1.71. The van der Waals surface area contributed by atoms with Gasteiger partial charge in [0.2, 0.25) is 0 Å². The molecule has 0 bridgehead atoms. The Kier molecular flexibility index (Phi) is 11.0. The third-order valence-electron chi connectivity index (χ3n) is 10.4. The average molecular weight is 650 g/mol. The molecule has 2 aromatic rings. The van der Waals surface area contributed by atoms with E-state index in [1.807, 2.05) is 36.4 Å². The molecule has 0 saturated carbocycles. The number of halogens is 2. The van der Waals surface area contributed by atoms with Crippen molar-refractivity contribution in [1.29, 1.82) is 0 Å². The number of aliphatic hydroxyl groups excluding tert-OH is 1. The van der Waals surface area contributed by atoms with Crippen LogP contribution >= 0.6 is 23.2 Å². The Morgan fingerprint density at radius 3 is 2.20 bits per heavy atom. The number of fused-ring (bicyclic) bond motifs is 2. The first kappa shape index (κ1) is 33.6. The zero-order valence-electron chi connectivity index (χ0n) is 26.2.